The van der Waals surface area contributed by atoms with E-state index in [1.807, 2.05) is 0 Å². The number of halogens is 4. The lowest BCUT2D eigenvalue weighted by Gasteiger charge is -2.43. The summed E-state index contributed by atoms with van der Waals surface area (Å²) in [6.07, 6.45) is 7.09. The first kappa shape index (κ1) is 20.3. The first-order chi connectivity index (χ1) is 12.8. The zero-order valence-electron chi connectivity index (χ0n) is 15.8. The van der Waals surface area contributed by atoms with E-state index in [0.717, 1.165) is 30.5 Å². The highest BCUT2D eigenvalue weighted by Gasteiger charge is 2.39. The minimum Gasteiger partial charge on any atom is -0.381 e. The fraction of sp³-hybridized carbons (Fsp3) is 0.545. The molecule has 3 rings (SSSR count). The summed E-state index contributed by atoms with van der Waals surface area (Å²) in [4.78, 5) is 0. The van der Waals surface area contributed by atoms with Gasteiger partial charge in [0.2, 0.25) is 0 Å². The maximum atomic E-state index is 13.2. The molecule has 0 amide bonds. The van der Waals surface area contributed by atoms with Gasteiger partial charge in [-0.2, -0.15) is 13.2 Å². The lowest BCUT2D eigenvalue weighted by molar-refractivity contribution is -0.137. The van der Waals surface area contributed by atoms with Crippen LogP contribution in [-0.4, -0.2) is 11.9 Å². The third kappa shape index (κ3) is 4.53. The zero-order valence-corrected chi connectivity index (χ0v) is 16.5. The monoisotopic (exact) mass is 397 g/mol. The topological polar surface area (TPSA) is 12.0 Å². The Bertz CT molecular complexity index is 710. The van der Waals surface area contributed by atoms with Crippen molar-refractivity contribution in [2.75, 3.05) is 11.2 Å². The van der Waals surface area contributed by atoms with E-state index in [-0.39, 0.29) is 17.9 Å². The van der Waals surface area contributed by atoms with Gasteiger partial charge in [0.15, 0.2) is 0 Å². The van der Waals surface area contributed by atoms with Gasteiger partial charge in [-0.1, -0.05) is 38.2 Å². The lowest BCUT2D eigenvalue weighted by Crippen LogP contribution is -2.42. The van der Waals surface area contributed by atoms with Crippen LogP contribution in [0.3, 0.4) is 0 Å². The summed E-state index contributed by atoms with van der Waals surface area (Å²) in [7, 11) is 0. The van der Waals surface area contributed by atoms with Gasteiger partial charge in [0.25, 0.3) is 0 Å². The molecule has 1 aliphatic heterocycles. The summed E-state index contributed by atoms with van der Waals surface area (Å²) in [5, 5.41) is 3.58. The van der Waals surface area contributed by atoms with Crippen molar-refractivity contribution < 1.29 is 13.2 Å². The second-order valence-electron chi connectivity index (χ2n) is 7.97. The Morgan fingerprint density at radius 3 is 2.67 bits per heavy atom. The largest absolute Gasteiger partial charge is 0.416 e. The van der Waals surface area contributed by atoms with Crippen LogP contribution in [0.25, 0.3) is 0 Å². The van der Waals surface area contributed by atoms with Crippen molar-refractivity contribution >= 4 is 17.3 Å². The SMILES string of the molecule is C[C@@H](CCl)CC[C@@H]1[C@H](C)c2cc(C(F)(F)F)ccc2N[C@H]1C1C=CC=CC1. The Balaban J connectivity index is 1.92. The third-order valence-corrected chi connectivity index (χ3v) is 6.55. The number of rotatable bonds is 5. The number of allylic oxidation sites excluding steroid dienone is 3. The Morgan fingerprint density at radius 1 is 1.26 bits per heavy atom. The summed E-state index contributed by atoms with van der Waals surface area (Å²) in [6.45, 7) is 4.20. The Morgan fingerprint density at radius 2 is 2.04 bits per heavy atom. The summed E-state index contributed by atoms with van der Waals surface area (Å²) in [5.74, 6) is 1.71. The van der Waals surface area contributed by atoms with E-state index in [2.05, 4.69) is 43.5 Å². The molecule has 1 unspecified atom stereocenters. The van der Waals surface area contributed by atoms with Crippen LogP contribution >= 0.6 is 11.6 Å². The zero-order chi connectivity index (χ0) is 19.6. The predicted octanol–water partition coefficient (Wildman–Crippen LogP) is 7.01. The first-order valence-corrected chi connectivity index (χ1v) is 10.2. The van der Waals surface area contributed by atoms with Gasteiger partial charge < -0.3 is 5.32 Å². The molecule has 5 atom stereocenters. The number of hydrogen-bond acceptors (Lipinski definition) is 1. The van der Waals surface area contributed by atoms with Crippen LogP contribution in [0, 0.1) is 17.8 Å². The first-order valence-electron chi connectivity index (χ1n) is 9.68. The van der Waals surface area contributed by atoms with Crippen LogP contribution in [0.1, 0.15) is 50.2 Å². The molecule has 0 bridgehead atoms. The highest BCUT2D eigenvalue weighted by atomic mass is 35.5. The third-order valence-electron chi connectivity index (χ3n) is 6.03. The minimum absolute atomic E-state index is 0.0652. The molecule has 27 heavy (non-hydrogen) atoms. The molecule has 0 saturated heterocycles. The predicted molar refractivity (Wildman–Crippen MR) is 106 cm³/mol. The van der Waals surface area contributed by atoms with Crippen molar-refractivity contribution in [2.45, 2.75) is 51.2 Å². The fourth-order valence-electron chi connectivity index (χ4n) is 4.35. The van der Waals surface area contributed by atoms with Crippen molar-refractivity contribution in [2.24, 2.45) is 17.8 Å². The van der Waals surface area contributed by atoms with E-state index < -0.39 is 11.7 Å². The second kappa shape index (κ2) is 8.30. The van der Waals surface area contributed by atoms with Crippen LogP contribution in [0.4, 0.5) is 18.9 Å². The molecule has 5 heteroatoms. The summed E-state index contributed by atoms with van der Waals surface area (Å²) < 4.78 is 39.6. The molecule has 1 heterocycles. The van der Waals surface area contributed by atoms with E-state index in [9.17, 15) is 13.2 Å². The highest BCUT2D eigenvalue weighted by molar-refractivity contribution is 6.18. The number of fused-ring (bicyclic) bond motifs is 1. The van der Waals surface area contributed by atoms with Crippen LogP contribution in [0.5, 0.6) is 0 Å². The summed E-state index contributed by atoms with van der Waals surface area (Å²) >= 11 is 5.98. The van der Waals surface area contributed by atoms with E-state index in [1.54, 1.807) is 6.07 Å². The van der Waals surface area contributed by atoms with Crippen LogP contribution in [-0.2, 0) is 6.18 Å². The summed E-state index contributed by atoms with van der Waals surface area (Å²) in [5.41, 5.74) is 1.05. The van der Waals surface area contributed by atoms with Gasteiger partial charge in [0, 0.05) is 23.5 Å². The van der Waals surface area contributed by atoms with Crippen molar-refractivity contribution in [3.8, 4) is 0 Å². The smallest absolute Gasteiger partial charge is 0.381 e. The van der Waals surface area contributed by atoms with Gasteiger partial charge in [-0.15, -0.1) is 11.6 Å². The van der Waals surface area contributed by atoms with Crippen LogP contribution in [0.2, 0.25) is 0 Å². The quantitative estimate of drug-likeness (QED) is 0.527. The van der Waals surface area contributed by atoms with Gasteiger partial charge >= 0.3 is 6.18 Å². The van der Waals surface area contributed by atoms with E-state index in [4.69, 9.17) is 11.6 Å². The van der Waals surface area contributed by atoms with Crippen LogP contribution < -0.4 is 5.32 Å². The molecule has 1 aromatic rings. The molecular weight excluding hydrogens is 371 g/mol. The molecule has 148 valence electrons. The molecule has 0 fully saturated rings. The maximum absolute atomic E-state index is 13.2. The van der Waals surface area contributed by atoms with E-state index in [1.165, 1.54) is 12.1 Å². The number of nitrogens with one attached hydrogen (secondary N) is 1. The van der Waals surface area contributed by atoms with Crippen molar-refractivity contribution in [1.82, 2.24) is 0 Å². The molecule has 0 saturated carbocycles. The molecule has 1 aliphatic carbocycles. The maximum Gasteiger partial charge on any atom is 0.416 e. The van der Waals surface area contributed by atoms with E-state index in [0.29, 0.717) is 17.7 Å². The Labute approximate surface area is 164 Å². The molecule has 0 radical (unpaired) electrons. The van der Waals surface area contributed by atoms with Gasteiger partial charge in [0.05, 0.1) is 5.56 Å². The van der Waals surface area contributed by atoms with Gasteiger partial charge in [-0.25, -0.2) is 0 Å². The van der Waals surface area contributed by atoms with Crippen molar-refractivity contribution in [1.29, 1.82) is 0 Å². The van der Waals surface area contributed by atoms with Gasteiger partial charge in [0.1, 0.15) is 0 Å². The highest BCUT2D eigenvalue weighted by Crippen LogP contribution is 2.45. The number of anilines is 1. The average Bonchev–Trinajstić information content (AvgIpc) is 2.66. The molecule has 1 nitrogen and oxygen atoms in total. The number of hydrogen-bond donors (Lipinski definition) is 1. The average molecular weight is 398 g/mol. The molecular formula is C22H27ClF3N. The molecule has 0 aromatic heterocycles. The van der Waals surface area contributed by atoms with Crippen LogP contribution in [0.15, 0.2) is 42.5 Å². The standard InChI is InChI=1S/C22H27ClF3N/c1-14(13-23)8-10-18-15(2)19-12-17(22(24,25)26)9-11-20(19)27-21(18)16-6-4-3-5-7-16/h3-6,9,11-12,14-16,18,21,27H,7-8,10,13H2,1-2H3/t14-,15+,16?,18-,21+/m1/s1. The molecule has 1 N–H and O–H groups in total. The fourth-order valence-corrected chi connectivity index (χ4v) is 4.50. The van der Waals surface area contributed by atoms with Gasteiger partial charge in [-0.05, 0) is 60.8 Å². The minimum atomic E-state index is -4.31. The number of benzene rings is 1. The normalized spacial score (nSPS) is 28.5. The second-order valence-corrected chi connectivity index (χ2v) is 8.28. The molecule has 2 aliphatic rings. The lowest BCUT2D eigenvalue weighted by atomic mass is 9.70. The number of alkyl halides is 4. The van der Waals surface area contributed by atoms with E-state index >= 15 is 0 Å². The summed E-state index contributed by atoms with van der Waals surface area (Å²) in [6, 6.07) is 4.33. The van der Waals surface area contributed by atoms with Crippen molar-refractivity contribution in [3.05, 3.63) is 53.6 Å². The van der Waals surface area contributed by atoms with Gasteiger partial charge in [-0.3, -0.25) is 0 Å². The Kier molecular flexibility index (Phi) is 6.25. The van der Waals surface area contributed by atoms with Crippen molar-refractivity contribution in [3.63, 3.8) is 0 Å². The Hall–Kier alpha value is -1.42. The molecule has 0 spiro atoms. The molecule has 1 aromatic carbocycles.